The molecule has 0 unspecified atom stereocenters. The summed E-state index contributed by atoms with van der Waals surface area (Å²) in [5.74, 6) is -0.858. The summed E-state index contributed by atoms with van der Waals surface area (Å²) in [4.78, 5) is 10.6. The van der Waals surface area contributed by atoms with Gasteiger partial charge in [-0.15, -0.1) is 0 Å². The SMILES string of the molecule is CCC(=CCNC1(CO)CC1)C(=O)O. The highest BCUT2D eigenvalue weighted by Gasteiger charge is 2.40. The van der Waals surface area contributed by atoms with Crippen LogP contribution in [-0.2, 0) is 4.79 Å². The molecule has 0 aromatic heterocycles. The van der Waals surface area contributed by atoms with Gasteiger partial charge in [0.05, 0.1) is 6.61 Å². The van der Waals surface area contributed by atoms with Crippen LogP contribution in [0.25, 0.3) is 0 Å². The number of aliphatic hydroxyl groups excluding tert-OH is 1. The van der Waals surface area contributed by atoms with Gasteiger partial charge in [-0.2, -0.15) is 0 Å². The summed E-state index contributed by atoms with van der Waals surface area (Å²) in [6, 6.07) is 0. The molecule has 4 heteroatoms. The molecule has 3 N–H and O–H groups in total. The lowest BCUT2D eigenvalue weighted by Crippen LogP contribution is -2.34. The molecular formula is C10H17NO3. The molecule has 4 nitrogen and oxygen atoms in total. The molecule has 0 radical (unpaired) electrons. The molecule has 14 heavy (non-hydrogen) atoms. The molecule has 0 spiro atoms. The predicted molar refractivity (Wildman–Crippen MR) is 53.1 cm³/mol. The summed E-state index contributed by atoms with van der Waals surface area (Å²) >= 11 is 0. The van der Waals surface area contributed by atoms with Gasteiger partial charge in [-0.3, -0.25) is 0 Å². The molecule has 0 aromatic carbocycles. The Kier molecular flexibility index (Phi) is 3.66. The minimum absolute atomic E-state index is 0.117. The summed E-state index contributed by atoms with van der Waals surface area (Å²) in [6.07, 6.45) is 4.17. The monoisotopic (exact) mass is 199 g/mol. The van der Waals surface area contributed by atoms with Gasteiger partial charge in [0, 0.05) is 17.7 Å². The van der Waals surface area contributed by atoms with Gasteiger partial charge in [0.15, 0.2) is 0 Å². The standard InChI is InChI=1S/C10H17NO3/c1-2-8(9(13)14)3-6-11-10(7-12)4-5-10/h3,11-12H,2,4-7H2,1H3,(H,13,14). The number of carbonyl (C=O) groups is 1. The quantitative estimate of drug-likeness (QED) is 0.545. The first kappa shape index (κ1) is 11.2. The highest BCUT2D eigenvalue weighted by molar-refractivity contribution is 5.86. The topological polar surface area (TPSA) is 69.6 Å². The fourth-order valence-corrected chi connectivity index (χ4v) is 1.32. The van der Waals surface area contributed by atoms with Gasteiger partial charge < -0.3 is 15.5 Å². The molecule has 0 amide bonds. The van der Waals surface area contributed by atoms with Gasteiger partial charge in [0.25, 0.3) is 0 Å². The zero-order valence-corrected chi connectivity index (χ0v) is 8.42. The van der Waals surface area contributed by atoms with Gasteiger partial charge >= 0.3 is 5.97 Å². The maximum atomic E-state index is 10.6. The second-order valence-electron chi connectivity index (χ2n) is 3.71. The average molecular weight is 199 g/mol. The summed E-state index contributed by atoms with van der Waals surface area (Å²) in [5, 5.41) is 20.9. The van der Waals surface area contributed by atoms with E-state index in [2.05, 4.69) is 5.32 Å². The van der Waals surface area contributed by atoms with E-state index in [1.807, 2.05) is 6.92 Å². The van der Waals surface area contributed by atoms with Gasteiger partial charge in [-0.1, -0.05) is 13.0 Å². The maximum absolute atomic E-state index is 10.6. The zero-order chi connectivity index (χ0) is 10.6. The number of aliphatic carboxylic acids is 1. The third-order valence-corrected chi connectivity index (χ3v) is 2.64. The normalized spacial score (nSPS) is 19.4. The molecule has 0 heterocycles. The smallest absolute Gasteiger partial charge is 0.331 e. The fourth-order valence-electron chi connectivity index (χ4n) is 1.32. The third kappa shape index (κ3) is 2.82. The van der Waals surface area contributed by atoms with Crippen molar-refractivity contribution in [2.75, 3.05) is 13.2 Å². The Labute approximate surface area is 83.6 Å². The number of rotatable bonds is 6. The van der Waals surface area contributed by atoms with E-state index in [1.54, 1.807) is 6.08 Å². The second kappa shape index (κ2) is 4.57. The Hall–Kier alpha value is -0.870. The maximum Gasteiger partial charge on any atom is 0.331 e. The summed E-state index contributed by atoms with van der Waals surface area (Å²) in [7, 11) is 0. The molecule has 0 bridgehead atoms. The fraction of sp³-hybridized carbons (Fsp3) is 0.700. The molecule has 0 aromatic rings. The Bertz CT molecular complexity index is 244. The molecule has 1 aliphatic carbocycles. The number of hydrogen-bond acceptors (Lipinski definition) is 3. The zero-order valence-electron chi connectivity index (χ0n) is 8.42. The number of hydrogen-bond donors (Lipinski definition) is 3. The van der Waals surface area contributed by atoms with Crippen LogP contribution in [0.15, 0.2) is 11.6 Å². The first-order valence-electron chi connectivity index (χ1n) is 4.92. The van der Waals surface area contributed by atoms with E-state index in [1.165, 1.54) is 0 Å². The number of carboxylic acid groups (broad SMARTS) is 1. The van der Waals surface area contributed by atoms with Crippen LogP contribution in [-0.4, -0.2) is 34.9 Å². The van der Waals surface area contributed by atoms with E-state index >= 15 is 0 Å². The number of nitrogens with one attached hydrogen (secondary N) is 1. The van der Waals surface area contributed by atoms with Crippen molar-refractivity contribution >= 4 is 5.97 Å². The molecule has 1 saturated carbocycles. The van der Waals surface area contributed by atoms with Crippen molar-refractivity contribution in [3.8, 4) is 0 Å². The van der Waals surface area contributed by atoms with Crippen molar-refractivity contribution in [3.05, 3.63) is 11.6 Å². The number of carboxylic acids is 1. The van der Waals surface area contributed by atoms with Gasteiger partial charge in [0.2, 0.25) is 0 Å². The van der Waals surface area contributed by atoms with Crippen molar-refractivity contribution in [2.24, 2.45) is 0 Å². The van der Waals surface area contributed by atoms with E-state index in [4.69, 9.17) is 10.2 Å². The summed E-state index contributed by atoms with van der Waals surface area (Å²) in [5.41, 5.74) is 0.305. The molecule has 1 rings (SSSR count). The van der Waals surface area contributed by atoms with E-state index in [-0.39, 0.29) is 12.1 Å². The molecule has 0 atom stereocenters. The van der Waals surface area contributed by atoms with Crippen LogP contribution in [0.4, 0.5) is 0 Å². The molecule has 0 saturated heterocycles. The highest BCUT2D eigenvalue weighted by Crippen LogP contribution is 2.34. The van der Waals surface area contributed by atoms with Crippen LogP contribution in [0.1, 0.15) is 26.2 Å². The van der Waals surface area contributed by atoms with E-state index in [0.29, 0.717) is 18.5 Å². The Balaban J connectivity index is 2.34. The molecule has 1 aliphatic rings. The van der Waals surface area contributed by atoms with Gasteiger partial charge in [0.1, 0.15) is 0 Å². The largest absolute Gasteiger partial charge is 0.478 e. The van der Waals surface area contributed by atoms with Crippen molar-refractivity contribution in [1.82, 2.24) is 5.32 Å². The van der Waals surface area contributed by atoms with Crippen LogP contribution in [0, 0.1) is 0 Å². The molecular weight excluding hydrogens is 182 g/mol. The Morgan fingerprint density at radius 1 is 1.57 bits per heavy atom. The van der Waals surface area contributed by atoms with Crippen molar-refractivity contribution < 1.29 is 15.0 Å². The van der Waals surface area contributed by atoms with Gasteiger partial charge in [-0.05, 0) is 19.3 Å². The van der Waals surface area contributed by atoms with Crippen LogP contribution < -0.4 is 5.32 Å². The minimum atomic E-state index is -0.858. The summed E-state index contributed by atoms with van der Waals surface area (Å²) < 4.78 is 0. The first-order chi connectivity index (χ1) is 6.63. The van der Waals surface area contributed by atoms with Crippen molar-refractivity contribution in [3.63, 3.8) is 0 Å². The van der Waals surface area contributed by atoms with E-state index < -0.39 is 5.97 Å². The Morgan fingerprint density at radius 3 is 2.57 bits per heavy atom. The lowest BCUT2D eigenvalue weighted by atomic mass is 10.2. The Morgan fingerprint density at radius 2 is 2.21 bits per heavy atom. The number of aliphatic hydroxyl groups is 1. The van der Waals surface area contributed by atoms with E-state index in [0.717, 1.165) is 12.8 Å². The van der Waals surface area contributed by atoms with Crippen molar-refractivity contribution in [2.45, 2.75) is 31.7 Å². The molecule has 0 aliphatic heterocycles. The highest BCUT2D eigenvalue weighted by atomic mass is 16.4. The molecule has 1 fully saturated rings. The third-order valence-electron chi connectivity index (χ3n) is 2.64. The minimum Gasteiger partial charge on any atom is -0.478 e. The van der Waals surface area contributed by atoms with Gasteiger partial charge in [-0.25, -0.2) is 4.79 Å². The lowest BCUT2D eigenvalue weighted by Gasteiger charge is -2.12. The van der Waals surface area contributed by atoms with E-state index in [9.17, 15) is 4.79 Å². The average Bonchev–Trinajstić information content (AvgIpc) is 2.93. The van der Waals surface area contributed by atoms with Crippen LogP contribution in [0.2, 0.25) is 0 Å². The van der Waals surface area contributed by atoms with Crippen LogP contribution >= 0.6 is 0 Å². The van der Waals surface area contributed by atoms with Crippen molar-refractivity contribution in [1.29, 1.82) is 0 Å². The second-order valence-corrected chi connectivity index (χ2v) is 3.71. The predicted octanol–water partition coefficient (Wildman–Crippen LogP) is 0.522. The van der Waals surface area contributed by atoms with Crippen LogP contribution in [0.3, 0.4) is 0 Å². The first-order valence-corrected chi connectivity index (χ1v) is 4.92. The molecule has 80 valence electrons. The van der Waals surface area contributed by atoms with Crippen LogP contribution in [0.5, 0.6) is 0 Å². The lowest BCUT2D eigenvalue weighted by molar-refractivity contribution is -0.132. The summed E-state index contributed by atoms with van der Waals surface area (Å²) in [6.45, 7) is 2.48.